The molecule has 176 valence electrons. The number of thiophene rings is 1. The summed E-state index contributed by atoms with van der Waals surface area (Å²) in [6.07, 6.45) is 1.77. The number of aromatic nitrogens is 3. The Labute approximate surface area is 205 Å². The number of nitrogens with zero attached hydrogens (tertiary/aromatic N) is 3. The lowest BCUT2D eigenvalue weighted by Gasteiger charge is -2.13. The van der Waals surface area contributed by atoms with E-state index in [2.05, 4.69) is 10.2 Å². The smallest absolute Gasteiger partial charge is 0.250 e. The van der Waals surface area contributed by atoms with E-state index in [1.54, 1.807) is 42.1 Å². The highest BCUT2D eigenvalue weighted by Crippen LogP contribution is 2.39. The predicted molar refractivity (Wildman–Crippen MR) is 135 cm³/mol. The molecular weight excluding hydrogens is 465 g/mol. The Morgan fingerprint density at radius 1 is 0.943 bits per heavy atom. The molecule has 6 nitrogen and oxygen atoms in total. The van der Waals surface area contributed by atoms with Crippen LogP contribution in [0.2, 0.25) is 0 Å². The second-order valence-corrected chi connectivity index (χ2v) is 8.80. The fourth-order valence-electron chi connectivity index (χ4n) is 3.89. The van der Waals surface area contributed by atoms with Crippen molar-refractivity contribution in [2.75, 3.05) is 20.3 Å². The summed E-state index contributed by atoms with van der Waals surface area (Å²) in [7, 11) is 1.57. The van der Waals surface area contributed by atoms with Gasteiger partial charge in [0, 0.05) is 35.9 Å². The van der Waals surface area contributed by atoms with Gasteiger partial charge in [0.25, 0.3) is 5.56 Å². The van der Waals surface area contributed by atoms with Gasteiger partial charge in [-0.1, -0.05) is 36.4 Å². The van der Waals surface area contributed by atoms with Crippen molar-refractivity contribution in [2.45, 2.75) is 6.54 Å². The highest BCUT2D eigenvalue weighted by molar-refractivity contribution is 7.17. The van der Waals surface area contributed by atoms with E-state index in [1.165, 1.54) is 17.4 Å². The van der Waals surface area contributed by atoms with Gasteiger partial charge in [-0.15, -0.1) is 21.5 Å². The Morgan fingerprint density at radius 3 is 2.57 bits per heavy atom. The lowest BCUT2D eigenvalue weighted by atomic mass is 10.0. The number of halogens is 1. The van der Waals surface area contributed by atoms with Crippen LogP contribution >= 0.6 is 11.3 Å². The Morgan fingerprint density at radius 2 is 1.77 bits per heavy atom. The van der Waals surface area contributed by atoms with Crippen LogP contribution < -0.4 is 10.3 Å². The molecule has 0 aliphatic carbocycles. The van der Waals surface area contributed by atoms with E-state index < -0.39 is 5.82 Å². The summed E-state index contributed by atoms with van der Waals surface area (Å²) in [5.74, 6) is -0.316. The average molecular weight is 488 g/mol. The fourth-order valence-corrected chi connectivity index (χ4v) is 4.79. The maximum absolute atomic E-state index is 14.6. The average Bonchev–Trinajstić information content (AvgIpc) is 3.37. The number of benzene rings is 2. The Hall–Kier alpha value is -3.88. The minimum absolute atomic E-state index is 0.0408. The molecule has 3 aromatic heterocycles. The van der Waals surface area contributed by atoms with Gasteiger partial charge in [0.2, 0.25) is 0 Å². The van der Waals surface area contributed by atoms with Crippen LogP contribution in [0.3, 0.4) is 0 Å². The zero-order valence-electron chi connectivity index (χ0n) is 19.0. The van der Waals surface area contributed by atoms with Crippen LogP contribution in [0, 0.1) is 5.82 Å². The van der Waals surface area contributed by atoms with E-state index in [0.29, 0.717) is 24.4 Å². The van der Waals surface area contributed by atoms with Crippen molar-refractivity contribution in [3.63, 3.8) is 0 Å². The lowest BCUT2D eigenvalue weighted by Crippen LogP contribution is -2.18. The third-order valence-electron chi connectivity index (χ3n) is 5.62. The van der Waals surface area contributed by atoms with Crippen molar-refractivity contribution in [1.82, 2.24) is 14.8 Å². The summed E-state index contributed by atoms with van der Waals surface area (Å²) in [5, 5.41) is 11.9. The molecule has 5 rings (SSSR count). The van der Waals surface area contributed by atoms with Crippen molar-refractivity contribution in [2.24, 2.45) is 0 Å². The van der Waals surface area contributed by atoms with Gasteiger partial charge in [-0.05, 0) is 35.2 Å². The predicted octanol–water partition coefficient (Wildman–Crippen LogP) is 5.40. The summed E-state index contributed by atoms with van der Waals surface area (Å²) < 4.78 is 27.9. The highest BCUT2D eigenvalue weighted by atomic mass is 32.1. The minimum atomic E-state index is -0.456. The number of rotatable bonds is 8. The molecular formula is C27H22FN3O3S. The van der Waals surface area contributed by atoms with Crippen LogP contribution in [0.1, 0.15) is 5.56 Å². The lowest BCUT2D eigenvalue weighted by molar-refractivity contribution is 0.144. The van der Waals surface area contributed by atoms with E-state index >= 15 is 0 Å². The normalized spacial score (nSPS) is 11.1. The number of hydrogen-bond acceptors (Lipinski definition) is 6. The summed E-state index contributed by atoms with van der Waals surface area (Å²) in [6.45, 7) is 1.07. The third-order valence-corrected chi connectivity index (χ3v) is 6.54. The quantitative estimate of drug-likeness (QED) is 0.274. The van der Waals surface area contributed by atoms with Crippen LogP contribution in [-0.4, -0.2) is 35.1 Å². The van der Waals surface area contributed by atoms with E-state index in [-0.39, 0.29) is 17.9 Å². The van der Waals surface area contributed by atoms with Crippen LogP contribution in [0.15, 0.2) is 83.1 Å². The van der Waals surface area contributed by atoms with Gasteiger partial charge < -0.3 is 14.0 Å². The molecule has 0 aliphatic rings. The number of pyridine rings is 1. The molecule has 5 aromatic rings. The van der Waals surface area contributed by atoms with E-state index in [4.69, 9.17) is 9.47 Å². The van der Waals surface area contributed by atoms with Crippen molar-refractivity contribution in [1.29, 1.82) is 0 Å². The SMILES string of the molecule is COCCOc1c(F)cccc1-c1nnc(-c2ccc(Cn3ccccc3=O)cc2)c2ccsc12. The largest absolute Gasteiger partial charge is 0.487 e. The highest BCUT2D eigenvalue weighted by Gasteiger charge is 2.19. The minimum Gasteiger partial charge on any atom is -0.487 e. The van der Waals surface area contributed by atoms with E-state index in [0.717, 1.165) is 26.9 Å². The molecule has 0 saturated carbocycles. The molecule has 0 amide bonds. The van der Waals surface area contributed by atoms with Gasteiger partial charge in [-0.2, -0.15) is 0 Å². The second kappa shape index (κ2) is 10.2. The molecule has 0 fully saturated rings. The first kappa shape index (κ1) is 22.9. The van der Waals surface area contributed by atoms with Crippen molar-refractivity contribution in [3.8, 4) is 28.3 Å². The molecule has 0 N–H and O–H groups in total. The zero-order chi connectivity index (χ0) is 24.2. The first-order valence-corrected chi connectivity index (χ1v) is 11.9. The van der Waals surface area contributed by atoms with Gasteiger partial charge in [0.05, 0.1) is 17.9 Å². The third kappa shape index (κ3) is 4.71. The second-order valence-electron chi connectivity index (χ2n) is 7.88. The number of ether oxygens (including phenoxy) is 2. The summed E-state index contributed by atoms with van der Waals surface area (Å²) >= 11 is 1.52. The number of methoxy groups -OCH3 is 1. The topological polar surface area (TPSA) is 66.2 Å². The van der Waals surface area contributed by atoms with Crippen molar-refractivity contribution in [3.05, 3.63) is 100 Å². The summed E-state index contributed by atoms with van der Waals surface area (Å²) in [6, 6.07) is 19.8. The van der Waals surface area contributed by atoms with Crippen LogP contribution in [0.25, 0.3) is 32.6 Å². The first-order valence-electron chi connectivity index (χ1n) is 11.0. The van der Waals surface area contributed by atoms with Crippen LogP contribution in [0.5, 0.6) is 5.75 Å². The Kier molecular flexibility index (Phi) is 6.65. The molecule has 2 aromatic carbocycles. The zero-order valence-corrected chi connectivity index (χ0v) is 19.8. The van der Waals surface area contributed by atoms with Crippen molar-refractivity contribution < 1.29 is 13.9 Å². The van der Waals surface area contributed by atoms with E-state index in [9.17, 15) is 9.18 Å². The maximum atomic E-state index is 14.6. The molecule has 8 heteroatoms. The molecule has 0 aliphatic heterocycles. The Balaban J connectivity index is 1.49. The van der Waals surface area contributed by atoms with Crippen molar-refractivity contribution >= 4 is 21.4 Å². The molecule has 0 spiro atoms. The summed E-state index contributed by atoms with van der Waals surface area (Å²) in [5.41, 5.74) is 3.74. The van der Waals surface area contributed by atoms with Gasteiger partial charge in [-0.25, -0.2) is 4.39 Å². The molecule has 35 heavy (non-hydrogen) atoms. The molecule has 3 heterocycles. The molecule has 0 unspecified atom stereocenters. The number of fused-ring (bicyclic) bond motifs is 1. The standard InChI is InChI=1S/C27H22FN3O3S/c1-33-14-15-34-26-20(5-4-6-22(26)28)25-27-21(12-16-35-27)24(29-30-25)19-10-8-18(9-11-19)17-31-13-3-2-7-23(31)32/h2-13,16H,14-15,17H2,1H3. The molecule has 0 atom stereocenters. The number of hydrogen-bond donors (Lipinski definition) is 0. The molecule has 0 saturated heterocycles. The first-order chi connectivity index (χ1) is 17.2. The van der Waals surface area contributed by atoms with E-state index in [1.807, 2.05) is 41.8 Å². The monoisotopic (exact) mass is 487 g/mol. The fraction of sp³-hybridized carbons (Fsp3) is 0.148. The molecule has 0 bridgehead atoms. The van der Waals surface area contributed by atoms with Gasteiger partial charge >= 0.3 is 0 Å². The van der Waals surface area contributed by atoms with Crippen LogP contribution in [0.4, 0.5) is 4.39 Å². The summed E-state index contributed by atoms with van der Waals surface area (Å²) in [4.78, 5) is 12.0. The molecule has 0 radical (unpaired) electrons. The van der Waals surface area contributed by atoms with Crippen LogP contribution in [-0.2, 0) is 11.3 Å². The van der Waals surface area contributed by atoms with Gasteiger partial charge in [0.15, 0.2) is 11.6 Å². The van der Waals surface area contributed by atoms with Gasteiger partial charge in [0.1, 0.15) is 18.0 Å². The van der Waals surface area contributed by atoms with Gasteiger partial charge in [-0.3, -0.25) is 4.79 Å². The Bertz CT molecular complexity index is 1530. The number of para-hydroxylation sites is 1. The maximum Gasteiger partial charge on any atom is 0.250 e.